The minimum Gasteiger partial charge on any atom is -0.354 e. The maximum Gasteiger partial charge on any atom is 0.235 e. The lowest BCUT2D eigenvalue weighted by atomic mass is 10.0. The van der Waals surface area contributed by atoms with Crippen molar-refractivity contribution in [2.45, 2.75) is 32.2 Å². The number of nitrogens with zero attached hydrogens (tertiary/aromatic N) is 4. The van der Waals surface area contributed by atoms with E-state index in [1.165, 1.54) is 6.42 Å². The fourth-order valence-corrected chi connectivity index (χ4v) is 2.22. The molecule has 0 saturated carbocycles. The number of aromatic nitrogens is 2. The summed E-state index contributed by atoms with van der Waals surface area (Å²) in [7, 11) is 0. The van der Waals surface area contributed by atoms with Crippen LogP contribution in [0.2, 0.25) is 5.15 Å². The number of halogens is 1. The minimum absolute atomic E-state index is 0.139. The first-order valence-corrected chi connectivity index (χ1v) is 5.80. The summed E-state index contributed by atoms with van der Waals surface area (Å²) >= 11 is 5.87. The Balaban J connectivity index is 2.32. The quantitative estimate of drug-likeness (QED) is 0.703. The third-order valence-electron chi connectivity index (χ3n) is 2.88. The van der Waals surface area contributed by atoms with Crippen LogP contribution in [0.25, 0.3) is 0 Å². The predicted octanol–water partition coefficient (Wildman–Crippen LogP) is 2.38. The summed E-state index contributed by atoms with van der Waals surface area (Å²) in [5.41, 5.74) is 0. The Morgan fingerprint density at radius 1 is 1.50 bits per heavy atom. The Kier molecular flexibility index (Phi) is 3.25. The van der Waals surface area contributed by atoms with Gasteiger partial charge in [0.25, 0.3) is 0 Å². The van der Waals surface area contributed by atoms with E-state index in [1.54, 1.807) is 6.07 Å². The monoisotopic (exact) mass is 236 g/mol. The molecule has 5 heteroatoms. The van der Waals surface area contributed by atoms with E-state index in [4.69, 9.17) is 16.9 Å². The Bertz CT molecular complexity index is 426. The molecule has 84 valence electrons. The van der Waals surface area contributed by atoms with Crippen LogP contribution in [0, 0.1) is 11.3 Å². The van der Waals surface area contributed by atoms with Crippen molar-refractivity contribution in [3.05, 3.63) is 17.0 Å². The van der Waals surface area contributed by atoms with Crippen LogP contribution in [-0.2, 0) is 0 Å². The van der Waals surface area contributed by atoms with Crippen molar-refractivity contribution in [3.8, 4) is 6.07 Å². The van der Waals surface area contributed by atoms with Gasteiger partial charge in [-0.2, -0.15) is 5.26 Å². The van der Waals surface area contributed by atoms with Crippen molar-refractivity contribution in [3.63, 3.8) is 0 Å². The second-order valence-electron chi connectivity index (χ2n) is 4.02. The summed E-state index contributed by atoms with van der Waals surface area (Å²) in [6.45, 7) is 3.14. The average Bonchev–Trinajstić information content (AvgIpc) is 2.28. The summed E-state index contributed by atoms with van der Waals surface area (Å²) in [6, 6.07) is 4.11. The molecule has 16 heavy (non-hydrogen) atoms. The molecule has 0 radical (unpaired) electrons. The standard InChI is InChI=1S/C11H13ClN4/c1-8-4-2-3-5-16(8)11-6-9(12)14-10(7-13)15-11/h6,8H,2-5H2,1H3. The van der Waals surface area contributed by atoms with E-state index in [0.29, 0.717) is 11.2 Å². The van der Waals surface area contributed by atoms with Gasteiger partial charge in [0.1, 0.15) is 17.0 Å². The lowest BCUT2D eigenvalue weighted by Gasteiger charge is -2.34. The van der Waals surface area contributed by atoms with Crippen LogP contribution in [0.4, 0.5) is 5.82 Å². The van der Waals surface area contributed by atoms with Crippen molar-refractivity contribution >= 4 is 17.4 Å². The van der Waals surface area contributed by atoms with E-state index in [0.717, 1.165) is 25.2 Å². The normalized spacial score (nSPS) is 20.6. The molecule has 1 saturated heterocycles. The molecule has 1 aliphatic rings. The molecule has 1 atom stereocenters. The minimum atomic E-state index is 0.139. The zero-order chi connectivity index (χ0) is 11.5. The molecule has 1 aromatic rings. The van der Waals surface area contributed by atoms with Gasteiger partial charge in [-0.05, 0) is 26.2 Å². The molecule has 1 fully saturated rings. The maximum absolute atomic E-state index is 8.80. The smallest absolute Gasteiger partial charge is 0.235 e. The molecule has 0 bridgehead atoms. The SMILES string of the molecule is CC1CCCCN1c1cc(Cl)nc(C#N)n1. The van der Waals surface area contributed by atoms with Crippen molar-refractivity contribution in [2.24, 2.45) is 0 Å². The zero-order valence-electron chi connectivity index (χ0n) is 9.15. The molecular formula is C11H13ClN4. The highest BCUT2D eigenvalue weighted by molar-refractivity contribution is 6.29. The second-order valence-corrected chi connectivity index (χ2v) is 4.41. The number of anilines is 1. The van der Waals surface area contributed by atoms with Gasteiger partial charge < -0.3 is 4.90 Å². The van der Waals surface area contributed by atoms with Gasteiger partial charge in [0.15, 0.2) is 0 Å². The summed E-state index contributed by atoms with van der Waals surface area (Å²) in [6.07, 6.45) is 3.57. The van der Waals surface area contributed by atoms with Crippen molar-refractivity contribution in [2.75, 3.05) is 11.4 Å². The topological polar surface area (TPSA) is 52.8 Å². The van der Waals surface area contributed by atoms with E-state index in [9.17, 15) is 0 Å². The number of piperidine rings is 1. The Hall–Kier alpha value is -1.34. The average molecular weight is 237 g/mol. The molecular weight excluding hydrogens is 224 g/mol. The van der Waals surface area contributed by atoms with E-state index >= 15 is 0 Å². The van der Waals surface area contributed by atoms with Gasteiger partial charge in [-0.3, -0.25) is 0 Å². The lowest BCUT2D eigenvalue weighted by Crippen LogP contribution is -2.38. The highest BCUT2D eigenvalue weighted by Gasteiger charge is 2.20. The highest BCUT2D eigenvalue weighted by Crippen LogP contribution is 2.24. The third kappa shape index (κ3) is 2.25. The Morgan fingerprint density at radius 3 is 3.00 bits per heavy atom. The van der Waals surface area contributed by atoms with Crippen LogP contribution in [-0.4, -0.2) is 22.6 Å². The van der Waals surface area contributed by atoms with Crippen LogP contribution in [0.3, 0.4) is 0 Å². The van der Waals surface area contributed by atoms with Crippen LogP contribution in [0.15, 0.2) is 6.07 Å². The fourth-order valence-electron chi connectivity index (χ4n) is 2.04. The first-order chi connectivity index (χ1) is 7.70. The number of nitriles is 1. The number of hydrogen-bond acceptors (Lipinski definition) is 4. The first kappa shape index (κ1) is 11.2. The van der Waals surface area contributed by atoms with Gasteiger partial charge in [0, 0.05) is 18.7 Å². The predicted molar refractivity (Wildman–Crippen MR) is 62.4 cm³/mol. The molecule has 1 aliphatic heterocycles. The van der Waals surface area contributed by atoms with Crippen molar-refractivity contribution in [1.29, 1.82) is 5.26 Å². The molecule has 0 aromatic carbocycles. The summed E-state index contributed by atoms with van der Waals surface area (Å²) < 4.78 is 0. The van der Waals surface area contributed by atoms with E-state index < -0.39 is 0 Å². The van der Waals surface area contributed by atoms with Crippen molar-refractivity contribution < 1.29 is 0 Å². The first-order valence-electron chi connectivity index (χ1n) is 5.42. The van der Waals surface area contributed by atoms with Crippen molar-refractivity contribution in [1.82, 2.24) is 9.97 Å². The van der Waals surface area contributed by atoms with Gasteiger partial charge in [0.2, 0.25) is 5.82 Å². The lowest BCUT2D eigenvalue weighted by molar-refractivity contribution is 0.481. The Morgan fingerprint density at radius 2 is 2.31 bits per heavy atom. The summed E-state index contributed by atoms with van der Waals surface area (Å²) in [5.74, 6) is 0.907. The van der Waals surface area contributed by atoms with Gasteiger partial charge >= 0.3 is 0 Å². The third-order valence-corrected chi connectivity index (χ3v) is 3.07. The Labute approximate surface area is 99.9 Å². The van der Waals surface area contributed by atoms with Gasteiger partial charge in [-0.25, -0.2) is 9.97 Å². The van der Waals surface area contributed by atoms with Crippen LogP contribution in [0.1, 0.15) is 32.0 Å². The highest BCUT2D eigenvalue weighted by atomic mass is 35.5. The van der Waals surface area contributed by atoms with E-state index in [1.807, 2.05) is 6.07 Å². The number of hydrogen-bond donors (Lipinski definition) is 0. The van der Waals surface area contributed by atoms with Crippen LogP contribution < -0.4 is 4.90 Å². The molecule has 0 spiro atoms. The number of rotatable bonds is 1. The maximum atomic E-state index is 8.80. The molecule has 0 N–H and O–H groups in total. The largest absolute Gasteiger partial charge is 0.354 e. The second kappa shape index (κ2) is 4.67. The van der Waals surface area contributed by atoms with Gasteiger partial charge in [-0.1, -0.05) is 11.6 Å². The summed E-state index contributed by atoms with van der Waals surface area (Å²) in [4.78, 5) is 10.2. The van der Waals surface area contributed by atoms with Gasteiger partial charge in [0.05, 0.1) is 0 Å². The molecule has 0 amide bonds. The van der Waals surface area contributed by atoms with Gasteiger partial charge in [-0.15, -0.1) is 0 Å². The molecule has 1 aromatic heterocycles. The molecule has 1 unspecified atom stereocenters. The van der Waals surface area contributed by atoms with Crippen LogP contribution >= 0.6 is 11.6 Å². The van der Waals surface area contributed by atoms with Crippen LogP contribution in [0.5, 0.6) is 0 Å². The zero-order valence-corrected chi connectivity index (χ0v) is 9.91. The van der Waals surface area contributed by atoms with E-state index in [2.05, 4.69) is 21.8 Å². The van der Waals surface area contributed by atoms with E-state index in [-0.39, 0.29) is 5.82 Å². The molecule has 0 aliphatic carbocycles. The molecule has 4 nitrogen and oxygen atoms in total. The summed E-state index contributed by atoms with van der Waals surface area (Å²) in [5, 5.41) is 9.13. The molecule has 2 rings (SSSR count). The fraction of sp³-hybridized carbons (Fsp3) is 0.545. The molecule has 2 heterocycles.